The molecule has 1 heterocycles. The summed E-state index contributed by atoms with van der Waals surface area (Å²) < 4.78 is 2.05. The predicted octanol–water partition coefficient (Wildman–Crippen LogP) is 5.09. The van der Waals surface area contributed by atoms with Gasteiger partial charge in [0, 0.05) is 18.2 Å². The molecule has 0 spiro atoms. The van der Waals surface area contributed by atoms with E-state index in [0.717, 1.165) is 5.69 Å². The van der Waals surface area contributed by atoms with Crippen LogP contribution in [0.15, 0.2) is 12.6 Å². The summed E-state index contributed by atoms with van der Waals surface area (Å²) in [5, 5.41) is 4.52. The summed E-state index contributed by atoms with van der Waals surface area (Å²) in [6.07, 6.45) is 10.9. The average molecular weight is 262 g/mol. The molecule has 0 saturated carbocycles. The van der Waals surface area contributed by atoms with Gasteiger partial charge < -0.3 is 0 Å². The van der Waals surface area contributed by atoms with Crippen LogP contribution in [0.2, 0.25) is 0 Å². The Morgan fingerprint density at radius 2 is 1.95 bits per heavy atom. The maximum absolute atomic E-state index is 4.52. The van der Waals surface area contributed by atoms with Crippen LogP contribution in [0.3, 0.4) is 0 Å². The molecule has 108 valence electrons. The van der Waals surface area contributed by atoms with Crippen LogP contribution in [-0.2, 0) is 12.5 Å². The molecule has 19 heavy (non-hydrogen) atoms. The van der Waals surface area contributed by atoms with Crippen LogP contribution in [-0.4, -0.2) is 9.78 Å². The van der Waals surface area contributed by atoms with Crippen molar-refractivity contribution < 1.29 is 0 Å². The number of rotatable bonds is 9. The zero-order valence-corrected chi connectivity index (χ0v) is 13.2. The minimum atomic E-state index is 0.255. The van der Waals surface area contributed by atoms with Gasteiger partial charge in [-0.25, -0.2) is 0 Å². The maximum atomic E-state index is 4.52. The average Bonchev–Trinajstić information content (AvgIpc) is 2.77. The molecule has 2 nitrogen and oxygen atoms in total. The Morgan fingerprint density at radius 1 is 1.21 bits per heavy atom. The van der Waals surface area contributed by atoms with E-state index in [0.29, 0.717) is 0 Å². The van der Waals surface area contributed by atoms with Crippen molar-refractivity contribution in [3.8, 4) is 0 Å². The highest BCUT2D eigenvalue weighted by Gasteiger charge is 2.28. The minimum Gasteiger partial charge on any atom is -0.272 e. The summed E-state index contributed by atoms with van der Waals surface area (Å²) in [4.78, 5) is 0. The molecular weight excluding hydrogens is 232 g/mol. The lowest BCUT2D eigenvalue weighted by atomic mass is 9.77. The highest BCUT2D eigenvalue weighted by Crippen LogP contribution is 2.34. The van der Waals surface area contributed by atoms with E-state index >= 15 is 0 Å². The first-order chi connectivity index (χ1) is 9.07. The van der Waals surface area contributed by atoms with Gasteiger partial charge in [0.1, 0.15) is 0 Å². The lowest BCUT2D eigenvalue weighted by molar-refractivity contribution is 0.353. The highest BCUT2D eigenvalue weighted by atomic mass is 15.3. The maximum Gasteiger partial charge on any atom is 0.0848 e. The largest absolute Gasteiger partial charge is 0.272 e. The van der Waals surface area contributed by atoms with E-state index in [1.807, 2.05) is 10.8 Å². The van der Waals surface area contributed by atoms with Gasteiger partial charge in [0.25, 0.3) is 0 Å². The first-order valence-corrected chi connectivity index (χ1v) is 7.74. The normalized spacial score (nSPS) is 14.3. The van der Waals surface area contributed by atoms with Crippen molar-refractivity contribution in [1.82, 2.24) is 9.78 Å². The zero-order valence-electron chi connectivity index (χ0n) is 13.2. The van der Waals surface area contributed by atoms with Crippen LogP contribution in [0.25, 0.3) is 6.08 Å². The summed E-state index contributed by atoms with van der Waals surface area (Å²) in [6, 6.07) is 2.21. The summed E-state index contributed by atoms with van der Waals surface area (Å²) in [5.41, 5.74) is 2.61. The van der Waals surface area contributed by atoms with Gasteiger partial charge in [-0.2, -0.15) is 5.10 Å². The lowest BCUT2D eigenvalue weighted by Gasteiger charge is -2.29. The molecule has 1 rings (SSSR count). The third-order valence-corrected chi connectivity index (χ3v) is 4.11. The van der Waals surface area contributed by atoms with Crippen molar-refractivity contribution in [3.05, 3.63) is 24.0 Å². The van der Waals surface area contributed by atoms with Crippen LogP contribution in [0.4, 0.5) is 0 Å². The molecule has 0 aliphatic heterocycles. The molecule has 0 aliphatic rings. The molecule has 0 radical (unpaired) electrons. The third-order valence-electron chi connectivity index (χ3n) is 4.11. The Bertz CT molecular complexity index is 392. The predicted molar refractivity (Wildman–Crippen MR) is 84.3 cm³/mol. The van der Waals surface area contributed by atoms with Crippen LogP contribution in [0, 0.1) is 0 Å². The van der Waals surface area contributed by atoms with E-state index in [2.05, 4.69) is 45.6 Å². The molecule has 0 bridgehead atoms. The first-order valence-electron chi connectivity index (χ1n) is 7.74. The summed E-state index contributed by atoms with van der Waals surface area (Å²) in [5.74, 6) is 0. The molecule has 1 unspecified atom stereocenters. The SMILES string of the molecule is C=Cc1cc(C(C)(CCC)CCCCCC)n(C)n1. The van der Waals surface area contributed by atoms with E-state index < -0.39 is 0 Å². The second kappa shape index (κ2) is 7.52. The first kappa shape index (κ1) is 16.0. The monoisotopic (exact) mass is 262 g/mol. The summed E-state index contributed by atoms with van der Waals surface area (Å²) in [6.45, 7) is 10.8. The molecule has 0 aromatic carbocycles. The number of hydrogen-bond acceptors (Lipinski definition) is 1. The quantitative estimate of drug-likeness (QED) is 0.567. The van der Waals surface area contributed by atoms with Gasteiger partial charge in [0.05, 0.1) is 5.69 Å². The Kier molecular flexibility index (Phi) is 6.33. The molecule has 2 heteroatoms. The Hall–Kier alpha value is -1.05. The van der Waals surface area contributed by atoms with Crippen molar-refractivity contribution >= 4 is 6.08 Å². The van der Waals surface area contributed by atoms with Gasteiger partial charge in [0.15, 0.2) is 0 Å². The van der Waals surface area contributed by atoms with Crippen molar-refractivity contribution in [2.75, 3.05) is 0 Å². The van der Waals surface area contributed by atoms with Crippen molar-refractivity contribution in [1.29, 1.82) is 0 Å². The molecule has 0 amide bonds. The Morgan fingerprint density at radius 3 is 2.47 bits per heavy atom. The number of aromatic nitrogens is 2. The number of nitrogens with zero attached hydrogens (tertiary/aromatic N) is 2. The fraction of sp³-hybridized carbons (Fsp3) is 0.706. The molecule has 0 N–H and O–H groups in total. The molecule has 1 atom stereocenters. The molecule has 0 fully saturated rings. The van der Waals surface area contributed by atoms with Gasteiger partial charge in [-0.1, -0.05) is 59.5 Å². The zero-order chi connectivity index (χ0) is 14.3. The van der Waals surface area contributed by atoms with Crippen LogP contribution < -0.4 is 0 Å². The second-order valence-corrected chi connectivity index (χ2v) is 5.90. The minimum absolute atomic E-state index is 0.255. The fourth-order valence-corrected chi connectivity index (χ4v) is 3.03. The van der Waals surface area contributed by atoms with Gasteiger partial charge in [0.2, 0.25) is 0 Å². The second-order valence-electron chi connectivity index (χ2n) is 5.90. The smallest absolute Gasteiger partial charge is 0.0848 e. The Balaban J connectivity index is 2.83. The molecule has 0 aliphatic carbocycles. The van der Waals surface area contributed by atoms with Gasteiger partial charge in [-0.3, -0.25) is 4.68 Å². The van der Waals surface area contributed by atoms with E-state index in [4.69, 9.17) is 0 Å². The lowest BCUT2D eigenvalue weighted by Crippen LogP contribution is -2.25. The van der Waals surface area contributed by atoms with Crippen molar-refractivity contribution in [2.45, 2.75) is 71.1 Å². The van der Waals surface area contributed by atoms with E-state index in [-0.39, 0.29) is 5.41 Å². The van der Waals surface area contributed by atoms with E-state index in [1.54, 1.807) is 0 Å². The van der Waals surface area contributed by atoms with Crippen LogP contribution in [0.5, 0.6) is 0 Å². The highest BCUT2D eigenvalue weighted by molar-refractivity contribution is 5.43. The van der Waals surface area contributed by atoms with Crippen molar-refractivity contribution in [3.63, 3.8) is 0 Å². The van der Waals surface area contributed by atoms with E-state index in [9.17, 15) is 0 Å². The Labute approximate surface area is 118 Å². The molecule has 0 saturated heterocycles. The van der Waals surface area contributed by atoms with Crippen LogP contribution in [0.1, 0.15) is 77.1 Å². The van der Waals surface area contributed by atoms with Gasteiger partial charge >= 0.3 is 0 Å². The standard InChI is InChI=1S/C17H30N2/c1-6-9-10-11-13-17(4,12-7-2)16-14-15(8-3)18-19(16)5/h8,14H,3,6-7,9-13H2,1-2,4-5H3. The van der Waals surface area contributed by atoms with Gasteiger partial charge in [-0.15, -0.1) is 0 Å². The van der Waals surface area contributed by atoms with Gasteiger partial charge in [-0.05, 0) is 25.0 Å². The topological polar surface area (TPSA) is 17.8 Å². The number of aryl methyl sites for hydroxylation is 1. The molecule has 1 aromatic rings. The number of hydrogen-bond donors (Lipinski definition) is 0. The van der Waals surface area contributed by atoms with Crippen LogP contribution >= 0.6 is 0 Å². The summed E-state index contributed by atoms with van der Waals surface area (Å²) >= 11 is 0. The van der Waals surface area contributed by atoms with Crippen molar-refractivity contribution in [2.24, 2.45) is 7.05 Å². The summed E-state index contributed by atoms with van der Waals surface area (Å²) in [7, 11) is 2.06. The number of unbranched alkanes of at least 4 members (excludes halogenated alkanes) is 3. The van der Waals surface area contributed by atoms with E-state index in [1.165, 1.54) is 50.6 Å². The third kappa shape index (κ3) is 4.22. The molecule has 1 aromatic heterocycles. The fourth-order valence-electron chi connectivity index (χ4n) is 3.03. The molecular formula is C17H30N2.